The number of ether oxygens (including phenoxy) is 2. The van der Waals surface area contributed by atoms with Crippen LogP contribution < -0.4 is 25.0 Å². The van der Waals surface area contributed by atoms with Gasteiger partial charge in [0.25, 0.3) is 0 Å². The molecule has 2 rings (SSSR count). The van der Waals surface area contributed by atoms with Crippen LogP contribution >= 0.6 is 0 Å². The molecule has 1 fully saturated rings. The smallest absolute Gasteiger partial charge is 0.190 e. The lowest BCUT2D eigenvalue weighted by Crippen LogP contribution is -2.38. The molecule has 0 aliphatic carbocycles. The van der Waals surface area contributed by atoms with Crippen molar-refractivity contribution >= 4 is 11.6 Å². The number of anilines is 1. The first-order valence-corrected chi connectivity index (χ1v) is 7.56. The summed E-state index contributed by atoms with van der Waals surface area (Å²) < 4.78 is 10.7. The zero-order valence-electron chi connectivity index (χ0n) is 13.8. The van der Waals surface area contributed by atoms with E-state index in [2.05, 4.69) is 32.7 Å². The molecule has 6 heteroatoms. The van der Waals surface area contributed by atoms with Gasteiger partial charge in [0, 0.05) is 57.6 Å². The Hall–Kier alpha value is -2.11. The molecular formula is C16H26N4O2. The molecule has 0 amide bonds. The first-order chi connectivity index (χ1) is 10.7. The Morgan fingerprint density at radius 1 is 1.27 bits per heavy atom. The number of rotatable bonds is 5. The third-order valence-electron chi connectivity index (χ3n) is 4.01. The molecule has 1 aromatic carbocycles. The maximum Gasteiger partial charge on any atom is 0.190 e. The van der Waals surface area contributed by atoms with Crippen LogP contribution in [-0.2, 0) is 0 Å². The zero-order chi connectivity index (χ0) is 15.9. The summed E-state index contributed by atoms with van der Waals surface area (Å²) in [6.45, 7) is 2.98. The average Bonchev–Trinajstić information content (AvgIpc) is 3.04. The van der Waals surface area contributed by atoms with E-state index in [1.165, 1.54) is 0 Å². The Bertz CT molecular complexity index is 497. The molecule has 1 heterocycles. The van der Waals surface area contributed by atoms with Gasteiger partial charge in [0.05, 0.1) is 14.2 Å². The maximum absolute atomic E-state index is 5.35. The van der Waals surface area contributed by atoms with Gasteiger partial charge in [-0.25, -0.2) is 0 Å². The first kappa shape index (κ1) is 16.3. The highest BCUT2D eigenvalue weighted by atomic mass is 16.5. The van der Waals surface area contributed by atoms with E-state index in [-0.39, 0.29) is 0 Å². The Morgan fingerprint density at radius 2 is 1.95 bits per heavy atom. The largest absolute Gasteiger partial charge is 0.497 e. The predicted octanol–water partition coefficient (Wildman–Crippen LogP) is 1.32. The van der Waals surface area contributed by atoms with Gasteiger partial charge in [0.2, 0.25) is 0 Å². The fourth-order valence-electron chi connectivity index (χ4n) is 2.73. The summed E-state index contributed by atoms with van der Waals surface area (Å²) in [6.07, 6.45) is 1.16. The third-order valence-corrected chi connectivity index (χ3v) is 4.01. The molecule has 1 atom stereocenters. The van der Waals surface area contributed by atoms with Gasteiger partial charge in [0.1, 0.15) is 11.5 Å². The van der Waals surface area contributed by atoms with Crippen molar-refractivity contribution in [3.8, 4) is 11.5 Å². The van der Waals surface area contributed by atoms with Crippen molar-refractivity contribution in [2.45, 2.75) is 6.42 Å². The van der Waals surface area contributed by atoms with Gasteiger partial charge in [-0.3, -0.25) is 4.99 Å². The van der Waals surface area contributed by atoms with Gasteiger partial charge in [-0.05, 0) is 12.3 Å². The minimum absolute atomic E-state index is 0.599. The topological polar surface area (TPSA) is 58.1 Å². The van der Waals surface area contributed by atoms with Crippen LogP contribution in [0.4, 0.5) is 5.69 Å². The third kappa shape index (κ3) is 3.96. The van der Waals surface area contributed by atoms with E-state index < -0.39 is 0 Å². The van der Waals surface area contributed by atoms with Crippen molar-refractivity contribution in [3.05, 3.63) is 18.2 Å². The number of hydrogen-bond acceptors (Lipinski definition) is 4. The summed E-state index contributed by atoms with van der Waals surface area (Å²) in [7, 11) is 7.01. The highest BCUT2D eigenvalue weighted by molar-refractivity contribution is 5.79. The molecule has 0 aromatic heterocycles. The van der Waals surface area contributed by atoms with E-state index in [4.69, 9.17) is 9.47 Å². The quantitative estimate of drug-likeness (QED) is 0.635. The number of benzene rings is 1. The van der Waals surface area contributed by atoms with Crippen molar-refractivity contribution in [3.63, 3.8) is 0 Å². The summed E-state index contributed by atoms with van der Waals surface area (Å²) in [6, 6.07) is 6.02. The van der Waals surface area contributed by atoms with E-state index in [0.717, 1.165) is 49.2 Å². The second-order valence-electron chi connectivity index (χ2n) is 5.37. The van der Waals surface area contributed by atoms with Crippen LogP contribution in [0.2, 0.25) is 0 Å². The lowest BCUT2D eigenvalue weighted by atomic mass is 10.1. The molecule has 6 nitrogen and oxygen atoms in total. The molecule has 22 heavy (non-hydrogen) atoms. The van der Waals surface area contributed by atoms with Crippen LogP contribution in [0.5, 0.6) is 11.5 Å². The summed E-state index contributed by atoms with van der Waals surface area (Å²) in [5.41, 5.74) is 1.15. The normalized spacial score (nSPS) is 18.3. The maximum atomic E-state index is 5.35. The van der Waals surface area contributed by atoms with Crippen LogP contribution in [-0.4, -0.2) is 53.9 Å². The molecule has 1 saturated heterocycles. The SMILES string of the molecule is CN=C(NC)NCC1CCN(c2cc(OC)cc(OC)c2)C1. The second kappa shape index (κ2) is 7.77. The Kier molecular flexibility index (Phi) is 5.75. The number of nitrogens with one attached hydrogen (secondary N) is 2. The summed E-state index contributed by atoms with van der Waals surface area (Å²) in [5, 5.41) is 6.38. The monoisotopic (exact) mass is 306 g/mol. The van der Waals surface area contributed by atoms with Crippen molar-refractivity contribution in [1.82, 2.24) is 10.6 Å². The molecule has 1 aliphatic rings. The molecule has 0 spiro atoms. The molecule has 0 radical (unpaired) electrons. The van der Waals surface area contributed by atoms with Crippen molar-refractivity contribution < 1.29 is 9.47 Å². The summed E-state index contributed by atoms with van der Waals surface area (Å²) in [4.78, 5) is 6.51. The van der Waals surface area contributed by atoms with Gasteiger partial charge < -0.3 is 25.0 Å². The standard InChI is InChI=1S/C16H26N4O2/c1-17-16(18-2)19-10-12-5-6-20(11-12)13-7-14(21-3)9-15(8-13)22-4/h7-9,12H,5-6,10-11H2,1-4H3,(H2,17,18,19). The Balaban J connectivity index is 1.98. The van der Waals surface area contributed by atoms with E-state index in [1.54, 1.807) is 21.3 Å². The Morgan fingerprint density at radius 3 is 2.50 bits per heavy atom. The average molecular weight is 306 g/mol. The predicted molar refractivity (Wildman–Crippen MR) is 90.3 cm³/mol. The fraction of sp³-hybridized carbons (Fsp3) is 0.562. The van der Waals surface area contributed by atoms with Gasteiger partial charge in [0.15, 0.2) is 5.96 Å². The van der Waals surface area contributed by atoms with Crippen molar-refractivity contribution in [2.24, 2.45) is 10.9 Å². The number of methoxy groups -OCH3 is 2. The molecule has 0 bridgehead atoms. The van der Waals surface area contributed by atoms with E-state index in [1.807, 2.05) is 13.1 Å². The molecule has 122 valence electrons. The minimum Gasteiger partial charge on any atom is -0.497 e. The number of hydrogen-bond donors (Lipinski definition) is 2. The van der Waals surface area contributed by atoms with Gasteiger partial charge in [-0.2, -0.15) is 0 Å². The fourth-order valence-corrected chi connectivity index (χ4v) is 2.73. The van der Waals surface area contributed by atoms with Crippen molar-refractivity contribution in [1.29, 1.82) is 0 Å². The van der Waals surface area contributed by atoms with Crippen LogP contribution in [0, 0.1) is 5.92 Å². The molecule has 0 saturated carbocycles. The van der Waals surface area contributed by atoms with Gasteiger partial charge >= 0.3 is 0 Å². The van der Waals surface area contributed by atoms with E-state index in [0.29, 0.717) is 5.92 Å². The lowest BCUT2D eigenvalue weighted by Gasteiger charge is -2.20. The van der Waals surface area contributed by atoms with Crippen LogP contribution in [0.15, 0.2) is 23.2 Å². The van der Waals surface area contributed by atoms with E-state index in [9.17, 15) is 0 Å². The number of nitrogens with zero attached hydrogens (tertiary/aromatic N) is 2. The van der Waals surface area contributed by atoms with Crippen LogP contribution in [0.25, 0.3) is 0 Å². The number of guanidine groups is 1. The van der Waals surface area contributed by atoms with Gasteiger partial charge in [-0.15, -0.1) is 0 Å². The highest BCUT2D eigenvalue weighted by Crippen LogP contribution is 2.31. The number of aliphatic imine (C=N–C) groups is 1. The second-order valence-corrected chi connectivity index (χ2v) is 5.37. The highest BCUT2D eigenvalue weighted by Gasteiger charge is 2.23. The summed E-state index contributed by atoms with van der Waals surface area (Å²) >= 11 is 0. The lowest BCUT2D eigenvalue weighted by molar-refractivity contribution is 0.394. The first-order valence-electron chi connectivity index (χ1n) is 7.56. The molecular weight excluding hydrogens is 280 g/mol. The molecule has 2 N–H and O–H groups in total. The van der Waals surface area contributed by atoms with Gasteiger partial charge in [-0.1, -0.05) is 0 Å². The molecule has 1 aliphatic heterocycles. The summed E-state index contributed by atoms with van der Waals surface area (Å²) in [5.74, 6) is 3.09. The minimum atomic E-state index is 0.599. The van der Waals surface area contributed by atoms with E-state index >= 15 is 0 Å². The van der Waals surface area contributed by atoms with Crippen molar-refractivity contribution in [2.75, 3.05) is 52.8 Å². The Labute approximate surface area is 132 Å². The molecule has 1 aromatic rings. The molecule has 1 unspecified atom stereocenters. The van der Waals surface area contributed by atoms with Crippen LogP contribution in [0.1, 0.15) is 6.42 Å². The van der Waals surface area contributed by atoms with Crippen LogP contribution in [0.3, 0.4) is 0 Å². The zero-order valence-corrected chi connectivity index (χ0v) is 13.8.